The minimum absolute atomic E-state index is 0.621. The van der Waals surface area contributed by atoms with Crippen LogP contribution in [0.3, 0.4) is 0 Å². The summed E-state index contributed by atoms with van der Waals surface area (Å²) in [4.78, 5) is 0. The molecule has 0 saturated heterocycles. The van der Waals surface area contributed by atoms with Crippen LogP contribution in [0.25, 0.3) is 0 Å². The van der Waals surface area contributed by atoms with Gasteiger partial charge in [0.25, 0.3) is 0 Å². The van der Waals surface area contributed by atoms with E-state index in [1.165, 1.54) is 23.1 Å². The molecule has 0 N–H and O–H groups in total. The molecule has 0 aromatic heterocycles. The Kier molecular flexibility index (Phi) is 4.80. The number of benzene rings is 1. The maximum atomic E-state index is 2.43. The van der Waals surface area contributed by atoms with Crippen molar-refractivity contribution in [2.24, 2.45) is 0 Å². The average Bonchev–Trinajstić information content (AvgIpc) is 2.27. The third kappa shape index (κ3) is 3.12. The Labute approximate surface area is 107 Å². The van der Waals surface area contributed by atoms with E-state index in [-0.39, 0.29) is 0 Å². The Hall–Kier alpha value is -0.780. The quantitative estimate of drug-likeness (QED) is 0.619. The maximum Gasteiger partial charge on any atom is -0.0190 e. The summed E-state index contributed by atoms with van der Waals surface area (Å²) in [5.41, 5.74) is 6.10. The zero-order chi connectivity index (χ0) is 13.2. The molecule has 0 heteroatoms. The fourth-order valence-electron chi connectivity index (χ4n) is 2.45. The first-order valence-corrected chi connectivity index (χ1v) is 7.02. The smallest absolute Gasteiger partial charge is 0.0190 e. The molecule has 0 aliphatic carbocycles. The van der Waals surface area contributed by atoms with Gasteiger partial charge in [-0.05, 0) is 53.4 Å². The van der Waals surface area contributed by atoms with Gasteiger partial charge in [-0.1, -0.05) is 53.7 Å². The fourth-order valence-corrected chi connectivity index (χ4v) is 2.45. The zero-order valence-electron chi connectivity index (χ0n) is 12.6. The minimum atomic E-state index is 0.621. The third-order valence-electron chi connectivity index (χ3n) is 3.94. The molecule has 1 aromatic carbocycles. The van der Waals surface area contributed by atoms with Gasteiger partial charge in [0.15, 0.2) is 0 Å². The van der Waals surface area contributed by atoms with E-state index in [1.807, 2.05) is 0 Å². The molecule has 0 aliphatic rings. The summed E-state index contributed by atoms with van der Waals surface area (Å²) < 4.78 is 0. The second kappa shape index (κ2) is 5.71. The summed E-state index contributed by atoms with van der Waals surface area (Å²) in [6, 6.07) is 4.84. The summed E-state index contributed by atoms with van der Waals surface area (Å²) in [6.07, 6.45) is 1.22. The topological polar surface area (TPSA) is 0 Å². The highest BCUT2D eigenvalue weighted by Crippen LogP contribution is 2.32. The first kappa shape index (κ1) is 14.3. The van der Waals surface area contributed by atoms with Crippen LogP contribution in [0.1, 0.15) is 88.0 Å². The molecule has 17 heavy (non-hydrogen) atoms. The molecule has 0 fully saturated rings. The Morgan fingerprint density at radius 1 is 0.882 bits per heavy atom. The van der Waals surface area contributed by atoms with Crippen molar-refractivity contribution in [2.45, 2.75) is 72.6 Å². The van der Waals surface area contributed by atoms with Crippen LogP contribution in [-0.2, 0) is 0 Å². The molecular weight excluding hydrogens is 204 g/mol. The average molecular weight is 232 g/mol. The molecule has 0 spiro atoms. The Morgan fingerprint density at radius 2 is 1.41 bits per heavy atom. The van der Waals surface area contributed by atoms with Gasteiger partial charge in [-0.15, -0.1) is 0 Å². The van der Waals surface area contributed by atoms with Crippen molar-refractivity contribution in [2.75, 3.05) is 0 Å². The standard InChI is InChI=1S/C17H28/c1-8-13(6)17-10-15(11(2)3)9-16(12(4)5)14(17)7/h9-13H,8H2,1-7H3. The lowest BCUT2D eigenvalue weighted by Crippen LogP contribution is -2.04. The normalized spacial score (nSPS) is 13.5. The van der Waals surface area contributed by atoms with Gasteiger partial charge in [-0.3, -0.25) is 0 Å². The van der Waals surface area contributed by atoms with Crippen molar-refractivity contribution in [3.05, 3.63) is 34.4 Å². The van der Waals surface area contributed by atoms with E-state index in [9.17, 15) is 0 Å². The second-order valence-electron chi connectivity index (χ2n) is 5.94. The highest BCUT2D eigenvalue weighted by Gasteiger charge is 2.14. The van der Waals surface area contributed by atoms with Gasteiger partial charge in [0.1, 0.15) is 0 Å². The molecule has 1 aromatic rings. The van der Waals surface area contributed by atoms with Crippen LogP contribution in [0.2, 0.25) is 0 Å². The van der Waals surface area contributed by atoms with Gasteiger partial charge >= 0.3 is 0 Å². The molecule has 0 radical (unpaired) electrons. The molecule has 0 saturated carbocycles. The van der Waals surface area contributed by atoms with Crippen LogP contribution in [-0.4, -0.2) is 0 Å². The lowest BCUT2D eigenvalue weighted by molar-refractivity contribution is 0.715. The van der Waals surface area contributed by atoms with E-state index in [0.29, 0.717) is 17.8 Å². The molecule has 0 bridgehead atoms. The summed E-state index contributed by atoms with van der Waals surface area (Å²) >= 11 is 0. The predicted octanol–water partition coefficient (Wildman–Crippen LogP) is 5.76. The van der Waals surface area contributed by atoms with Crippen molar-refractivity contribution in [3.8, 4) is 0 Å². The number of rotatable bonds is 4. The molecule has 1 atom stereocenters. The molecule has 1 rings (SSSR count). The van der Waals surface area contributed by atoms with Crippen molar-refractivity contribution in [1.82, 2.24) is 0 Å². The highest BCUT2D eigenvalue weighted by molar-refractivity contribution is 5.42. The Balaban J connectivity index is 3.37. The molecule has 0 heterocycles. The van der Waals surface area contributed by atoms with Gasteiger partial charge in [-0.25, -0.2) is 0 Å². The maximum absolute atomic E-state index is 2.43. The molecule has 0 nitrogen and oxygen atoms in total. The van der Waals surface area contributed by atoms with Crippen LogP contribution in [0.15, 0.2) is 12.1 Å². The Morgan fingerprint density at radius 3 is 1.82 bits per heavy atom. The highest BCUT2D eigenvalue weighted by atomic mass is 14.2. The van der Waals surface area contributed by atoms with Crippen LogP contribution in [0, 0.1) is 6.92 Å². The monoisotopic (exact) mass is 232 g/mol. The summed E-state index contributed by atoms with van der Waals surface area (Å²) in [5, 5.41) is 0. The first-order chi connectivity index (χ1) is 7.88. The van der Waals surface area contributed by atoms with Crippen LogP contribution >= 0.6 is 0 Å². The van der Waals surface area contributed by atoms with Crippen LogP contribution in [0.5, 0.6) is 0 Å². The van der Waals surface area contributed by atoms with Gasteiger partial charge in [-0.2, -0.15) is 0 Å². The van der Waals surface area contributed by atoms with E-state index >= 15 is 0 Å². The molecule has 1 unspecified atom stereocenters. The van der Waals surface area contributed by atoms with Crippen LogP contribution in [0.4, 0.5) is 0 Å². The third-order valence-corrected chi connectivity index (χ3v) is 3.94. The van der Waals surface area contributed by atoms with E-state index in [2.05, 4.69) is 60.6 Å². The van der Waals surface area contributed by atoms with E-state index in [4.69, 9.17) is 0 Å². The molecule has 0 aliphatic heterocycles. The summed E-state index contributed by atoms with van der Waals surface area (Å²) in [5.74, 6) is 1.92. The van der Waals surface area contributed by atoms with Gasteiger partial charge in [0, 0.05) is 0 Å². The van der Waals surface area contributed by atoms with Crippen molar-refractivity contribution >= 4 is 0 Å². The lowest BCUT2D eigenvalue weighted by Gasteiger charge is -2.21. The minimum Gasteiger partial charge on any atom is -0.0648 e. The van der Waals surface area contributed by atoms with Gasteiger partial charge in [0.05, 0.1) is 0 Å². The van der Waals surface area contributed by atoms with Gasteiger partial charge in [0.2, 0.25) is 0 Å². The summed E-state index contributed by atoms with van der Waals surface area (Å²) in [6.45, 7) is 16.1. The Bertz CT molecular complexity index is 372. The van der Waals surface area contributed by atoms with Gasteiger partial charge < -0.3 is 0 Å². The number of hydrogen-bond donors (Lipinski definition) is 0. The summed E-state index contributed by atoms with van der Waals surface area (Å²) in [7, 11) is 0. The molecule has 96 valence electrons. The first-order valence-electron chi connectivity index (χ1n) is 7.02. The molecule has 0 amide bonds. The van der Waals surface area contributed by atoms with E-state index < -0.39 is 0 Å². The predicted molar refractivity (Wildman–Crippen MR) is 78.1 cm³/mol. The second-order valence-corrected chi connectivity index (χ2v) is 5.94. The van der Waals surface area contributed by atoms with E-state index in [1.54, 1.807) is 5.56 Å². The van der Waals surface area contributed by atoms with Crippen molar-refractivity contribution in [1.29, 1.82) is 0 Å². The lowest BCUT2D eigenvalue weighted by atomic mass is 9.84. The molecular formula is C17H28. The largest absolute Gasteiger partial charge is 0.0648 e. The zero-order valence-corrected chi connectivity index (χ0v) is 12.6. The van der Waals surface area contributed by atoms with E-state index in [0.717, 1.165) is 0 Å². The van der Waals surface area contributed by atoms with Crippen molar-refractivity contribution < 1.29 is 0 Å². The van der Waals surface area contributed by atoms with Crippen molar-refractivity contribution in [3.63, 3.8) is 0 Å². The fraction of sp³-hybridized carbons (Fsp3) is 0.647. The number of hydrogen-bond acceptors (Lipinski definition) is 0. The SMILES string of the molecule is CCC(C)c1cc(C(C)C)cc(C(C)C)c1C. The van der Waals surface area contributed by atoms with Crippen LogP contribution < -0.4 is 0 Å².